The molecule has 1 N–H and O–H groups in total. The number of nitrogens with one attached hydrogen (secondary N) is 1. The van der Waals surface area contributed by atoms with Gasteiger partial charge in [0, 0.05) is 24.1 Å². The molecule has 20 heavy (non-hydrogen) atoms. The van der Waals surface area contributed by atoms with Gasteiger partial charge >= 0.3 is 0 Å². The van der Waals surface area contributed by atoms with Gasteiger partial charge < -0.3 is 15.0 Å². The monoisotopic (exact) mass is 344 g/mol. The molecule has 1 heterocycles. The Bertz CT molecular complexity index is 458. The zero-order valence-electron chi connectivity index (χ0n) is 11.4. The Labute approximate surface area is 126 Å². The van der Waals surface area contributed by atoms with Crippen LogP contribution in [-0.4, -0.2) is 43.2 Å². The Kier molecular flexibility index (Phi) is 5.51. The molecule has 0 aliphatic carbocycles. The van der Waals surface area contributed by atoms with Crippen molar-refractivity contribution in [3.05, 3.63) is 34.1 Å². The summed E-state index contributed by atoms with van der Waals surface area (Å²) >= 11 is 3.25. The average molecular weight is 345 g/mol. The molecule has 0 saturated carbocycles. The van der Waals surface area contributed by atoms with Gasteiger partial charge in [0.25, 0.3) is 0 Å². The molecule has 0 aromatic heterocycles. The fourth-order valence-electron chi connectivity index (χ4n) is 2.13. The fraction of sp³-hybridized carbons (Fsp3) is 0.500. The second kappa shape index (κ2) is 7.15. The fourth-order valence-corrected chi connectivity index (χ4v) is 2.64. The van der Waals surface area contributed by atoms with Crippen LogP contribution in [0.1, 0.15) is 12.5 Å². The maximum Gasteiger partial charge on any atom is 0.239 e. The van der Waals surface area contributed by atoms with Gasteiger partial charge in [0.05, 0.1) is 19.3 Å². The number of benzene rings is 1. The van der Waals surface area contributed by atoms with E-state index in [0.29, 0.717) is 37.3 Å². The number of halogens is 2. The number of hydrogen-bond acceptors (Lipinski definition) is 3. The number of rotatable bonds is 4. The highest BCUT2D eigenvalue weighted by Crippen LogP contribution is 2.15. The minimum Gasteiger partial charge on any atom is -0.378 e. The third-order valence-corrected chi connectivity index (χ3v) is 3.69. The van der Waals surface area contributed by atoms with E-state index in [2.05, 4.69) is 21.2 Å². The Morgan fingerprint density at radius 1 is 1.45 bits per heavy atom. The number of nitrogens with zero attached hydrogens (tertiary/aromatic N) is 1. The van der Waals surface area contributed by atoms with Crippen molar-refractivity contribution in [2.45, 2.75) is 19.5 Å². The van der Waals surface area contributed by atoms with Crippen molar-refractivity contribution in [2.75, 3.05) is 26.3 Å². The van der Waals surface area contributed by atoms with E-state index in [1.165, 1.54) is 12.1 Å². The molecule has 1 amide bonds. The number of carbonyl (C=O) groups is 1. The largest absolute Gasteiger partial charge is 0.378 e. The van der Waals surface area contributed by atoms with Crippen LogP contribution in [-0.2, 0) is 16.1 Å². The van der Waals surface area contributed by atoms with Crippen molar-refractivity contribution in [3.8, 4) is 0 Å². The molecular weight excluding hydrogens is 327 g/mol. The summed E-state index contributed by atoms with van der Waals surface area (Å²) in [7, 11) is 0. The van der Waals surface area contributed by atoms with Gasteiger partial charge in [-0.2, -0.15) is 0 Å². The highest BCUT2D eigenvalue weighted by molar-refractivity contribution is 9.10. The van der Waals surface area contributed by atoms with Crippen LogP contribution >= 0.6 is 15.9 Å². The Balaban J connectivity index is 1.87. The van der Waals surface area contributed by atoms with Gasteiger partial charge in [-0.3, -0.25) is 4.79 Å². The third-order valence-electron chi connectivity index (χ3n) is 3.23. The third kappa shape index (κ3) is 4.26. The van der Waals surface area contributed by atoms with Gasteiger partial charge in [0.1, 0.15) is 5.82 Å². The lowest BCUT2D eigenvalue weighted by Gasteiger charge is -2.29. The molecule has 2 rings (SSSR count). The van der Waals surface area contributed by atoms with E-state index in [0.717, 1.165) is 5.56 Å². The smallest absolute Gasteiger partial charge is 0.239 e. The normalized spacial score (nSPS) is 17.1. The zero-order valence-corrected chi connectivity index (χ0v) is 13.0. The van der Waals surface area contributed by atoms with E-state index in [4.69, 9.17) is 4.74 Å². The summed E-state index contributed by atoms with van der Waals surface area (Å²) in [5.41, 5.74) is 0.804. The van der Waals surface area contributed by atoms with Gasteiger partial charge in [-0.1, -0.05) is 15.9 Å². The number of amides is 1. The van der Waals surface area contributed by atoms with Gasteiger partial charge in [0.2, 0.25) is 5.91 Å². The first-order valence-electron chi connectivity index (χ1n) is 6.61. The first-order valence-corrected chi connectivity index (χ1v) is 7.40. The maximum absolute atomic E-state index is 13.3. The van der Waals surface area contributed by atoms with Crippen LogP contribution in [0, 0.1) is 5.82 Å². The lowest BCUT2D eigenvalue weighted by Crippen LogP contribution is -2.49. The van der Waals surface area contributed by atoms with Crippen LogP contribution in [0.4, 0.5) is 4.39 Å². The minimum absolute atomic E-state index is 0.0590. The number of ether oxygens (including phenoxy) is 1. The first-order chi connectivity index (χ1) is 9.56. The van der Waals surface area contributed by atoms with Crippen molar-refractivity contribution >= 4 is 21.8 Å². The molecule has 1 saturated heterocycles. The minimum atomic E-state index is -0.296. The molecule has 1 aliphatic rings. The van der Waals surface area contributed by atoms with E-state index in [1.54, 1.807) is 4.90 Å². The quantitative estimate of drug-likeness (QED) is 0.907. The standard InChI is InChI=1S/C14H18BrFN2O2/c1-10(14(19)18-2-4-20-5-3-18)17-9-11-6-12(15)8-13(16)7-11/h6-8,10,17H,2-5,9H2,1H3. The molecule has 1 fully saturated rings. The Morgan fingerprint density at radius 3 is 2.80 bits per heavy atom. The highest BCUT2D eigenvalue weighted by Gasteiger charge is 2.21. The summed E-state index contributed by atoms with van der Waals surface area (Å²) in [4.78, 5) is 14.0. The summed E-state index contributed by atoms with van der Waals surface area (Å²) < 4.78 is 19.2. The number of carbonyl (C=O) groups excluding carboxylic acids is 1. The molecule has 4 nitrogen and oxygen atoms in total. The van der Waals surface area contributed by atoms with Crippen molar-refractivity contribution in [2.24, 2.45) is 0 Å². The van der Waals surface area contributed by atoms with E-state index < -0.39 is 0 Å². The van der Waals surface area contributed by atoms with Gasteiger partial charge in [-0.05, 0) is 30.7 Å². The van der Waals surface area contributed by atoms with Crippen molar-refractivity contribution in [1.29, 1.82) is 0 Å². The summed E-state index contributed by atoms with van der Waals surface area (Å²) in [5, 5.41) is 3.13. The van der Waals surface area contributed by atoms with Crippen LogP contribution in [0.3, 0.4) is 0 Å². The molecule has 0 bridgehead atoms. The van der Waals surface area contributed by atoms with Crippen molar-refractivity contribution in [1.82, 2.24) is 10.2 Å². The molecule has 1 unspecified atom stereocenters. The van der Waals surface area contributed by atoms with E-state index in [1.807, 2.05) is 13.0 Å². The number of morpholine rings is 1. The van der Waals surface area contributed by atoms with Crippen LogP contribution in [0.5, 0.6) is 0 Å². The van der Waals surface area contributed by atoms with Crippen LogP contribution < -0.4 is 5.32 Å². The second-order valence-corrected chi connectivity index (χ2v) is 5.73. The summed E-state index contributed by atoms with van der Waals surface area (Å²) in [6.45, 7) is 4.73. The van der Waals surface area contributed by atoms with E-state index in [-0.39, 0.29) is 17.8 Å². The van der Waals surface area contributed by atoms with E-state index in [9.17, 15) is 9.18 Å². The predicted octanol–water partition coefficient (Wildman–Crippen LogP) is 1.93. The molecule has 110 valence electrons. The lowest BCUT2D eigenvalue weighted by molar-refractivity contribution is -0.137. The van der Waals surface area contributed by atoms with Crippen molar-refractivity contribution in [3.63, 3.8) is 0 Å². The molecule has 1 atom stereocenters. The topological polar surface area (TPSA) is 41.6 Å². The number of hydrogen-bond donors (Lipinski definition) is 1. The Hall–Kier alpha value is -0.980. The maximum atomic E-state index is 13.3. The van der Waals surface area contributed by atoms with Crippen molar-refractivity contribution < 1.29 is 13.9 Å². The Morgan fingerprint density at radius 2 is 2.15 bits per heavy atom. The van der Waals surface area contributed by atoms with E-state index >= 15 is 0 Å². The molecular formula is C14H18BrFN2O2. The van der Waals surface area contributed by atoms with Gasteiger partial charge in [-0.25, -0.2) is 4.39 Å². The van der Waals surface area contributed by atoms with Crippen LogP contribution in [0.25, 0.3) is 0 Å². The summed E-state index contributed by atoms with van der Waals surface area (Å²) in [6, 6.07) is 4.41. The zero-order chi connectivity index (χ0) is 14.5. The first kappa shape index (κ1) is 15.4. The molecule has 0 radical (unpaired) electrons. The highest BCUT2D eigenvalue weighted by atomic mass is 79.9. The predicted molar refractivity (Wildman–Crippen MR) is 77.8 cm³/mol. The SMILES string of the molecule is CC(NCc1cc(F)cc(Br)c1)C(=O)N1CCOCC1. The molecule has 1 aliphatic heterocycles. The lowest BCUT2D eigenvalue weighted by atomic mass is 10.2. The average Bonchev–Trinajstić information content (AvgIpc) is 2.44. The molecule has 0 spiro atoms. The van der Waals surface area contributed by atoms with Gasteiger partial charge in [-0.15, -0.1) is 0 Å². The molecule has 6 heteroatoms. The summed E-state index contributed by atoms with van der Waals surface area (Å²) in [6.07, 6.45) is 0. The second-order valence-electron chi connectivity index (χ2n) is 4.82. The molecule has 1 aromatic rings. The van der Waals surface area contributed by atoms with Crippen LogP contribution in [0.15, 0.2) is 22.7 Å². The summed E-state index contributed by atoms with van der Waals surface area (Å²) in [5.74, 6) is -0.230. The van der Waals surface area contributed by atoms with Gasteiger partial charge in [0.15, 0.2) is 0 Å². The molecule has 1 aromatic carbocycles. The van der Waals surface area contributed by atoms with Crippen LogP contribution in [0.2, 0.25) is 0 Å².